The zero-order chi connectivity index (χ0) is 14.7. The van der Waals surface area contributed by atoms with Crippen LogP contribution in [0.15, 0.2) is 17.1 Å². The summed E-state index contributed by atoms with van der Waals surface area (Å²) in [6.07, 6.45) is -4.28. The molecule has 110 valence electrons. The van der Waals surface area contributed by atoms with Gasteiger partial charge in [-0.05, 0) is 6.07 Å². The van der Waals surface area contributed by atoms with Gasteiger partial charge in [0.25, 0.3) is 0 Å². The Morgan fingerprint density at radius 2 is 2.20 bits per heavy atom. The zero-order valence-electron chi connectivity index (χ0n) is 10.5. The van der Waals surface area contributed by atoms with E-state index in [9.17, 15) is 23.8 Å². The molecule has 0 amide bonds. The van der Waals surface area contributed by atoms with Crippen molar-refractivity contribution in [2.24, 2.45) is 0 Å². The highest BCUT2D eigenvalue weighted by molar-refractivity contribution is 5.30. The summed E-state index contributed by atoms with van der Waals surface area (Å²) in [6, 6.07) is 1.33. The lowest BCUT2D eigenvalue weighted by molar-refractivity contribution is -0.141. The predicted molar refractivity (Wildman–Crippen MR) is 62.5 cm³/mol. The van der Waals surface area contributed by atoms with Gasteiger partial charge in [-0.25, -0.2) is 4.79 Å². The highest BCUT2D eigenvalue weighted by Crippen LogP contribution is 2.58. The SMILES string of the molecule is CNc1ccn([C@@H]2OC3(CC3O)[C@@H](O)C2(F)F)c(=O)n1. The number of nitrogens with one attached hydrogen (secondary N) is 1. The standard InChI is InChI=1S/C11H13F2N3O4/c1-14-6-2-3-16(9(19)15-6)8-11(12,13)7(18)10(20-8)4-5(10)17/h2-3,5,7-8,17-18H,4H2,1H3,(H,14,15,19)/t5?,7-,8-,10?/m1/s1. The molecule has 1 aromatic heterocycles. The van der Waals surface area contributed by atoms with E-state index in [0.29, 0.717) is 4.57 Å². The van der Waals surface area contributed by atoms with Crippen molar-refractivity contribution in [3.8, 4) is 0 Å². The van der Waals surface area contributed by atoms with Crippen LogP contribution in [-0.4, -0.2) is 50.5 Å². The van der Waals surface area contributed by atoms with Crippen LogP contribution < -0.4 is 11.0 Å². The van der Waals surface area contributed by atoms with Crippen molar-refractivity contribution < 1.29 is 23.7 Å². The van der Waals surface area contributed by atoms with Crippen molar-refractivity contribution in [3.05, 3.63) is 22.7 Å². The fourth-order valence-corrected chi connectivity index (χ4v) is 2.45. The van der Waals surface area contributed by atoms with E-state index in [-0.39, 0.29) is 12.2 Å². The highest BCUT2D eigenvalue weighted by atomic mass is 19.3. The first kappa shape index (κ1) is 13.4. The summed E-state index contributed by atoms with van der Waals surface area (Å²) in [6.45, 7) is 0. The maximum absolute atomic E-state index is 14.1. The van der Waals surface area contributed by atoms with E-state index in [1.807, 2.05) is 0 Å². The molecule has 1 saturated heterocycles. The Hall–Kier alpha value is -1.58. The van der Waals surface area contributed by atoms with E-state index >= 15 is 0 Å². The molecule has 0 aromatic carbocycles. The summed E-state index contributed by atoms with van der Waals surface area (Å²) in [5.41, 5.74) is -2.61. The Morgan fingerprint density at radius 1 is 1.55 bits per heavy atom. The van der Waals surface area contributed by atoms with Crippen LogP contribution >= 0.6 is 0 Å². The quantitative estimate of drug-likeness (QED) is 0.667. The average Bonchev–Trinajstić information content (AvgIpc) is 3.01. The Bertz CT molecular complexity index is 608. The summed E-state index contributed by atoms with van der Waals surface area (Å²) in [5, 5.41) is 21.7. The molecule has 9 heteroatoms. The fourth-order valence-electron chi connectivity index (χ4n) is 2.45. The number of aromatic nitrogens is 2. The third kappa shape index (κ3) is 1.60. The average molecular weight is 289 g/mol. The minimum atomic E-state index is -3.69. The molecule has 3 N–H and O–H groups in total. The third-order valence-electron chi connectivity index (χ3n) is 3.74. The predicted octanol–water partition coefficient (Wildman–Crippen LogP) is -0.687. The molecular weight excluding hydrogens is 276 g/mol. The van der Waals surface area contributed by atoms with Gasteiger partial charge in [0, 0.05) is 19.7 Å². The van der Waals surface area contributed by atoms with Gasteiger partial charge in [-0.1, -0.05) is 0 Å². The normalized spacial score (nSPS) is 38.1. The first-order chi connectivity index (χ1) is 9.33. The van der Waals surface area contributed by atoms with Gasteiger partial charge in [0.15, 0.2) is 6.10 Å². The maximum atomic E-state index is 14.1. The van der Waals surface area contributed by atoms with E-state index in [0.717, 1.165) is 6.20 Å². The largest absolute Gasteiger partial charge is 0.390 e. The van der Waals surface area contributed by atoms with Crippen LogP contribution in [0.3, 0.4) is 0 Å². The number of hydrogen-bond donors (Lipinski definition) is 3. The molecule has 1 spiro atoms. The van der Waals surface area contributed by atoms with Crippen LogP contribution in [0.4, 0.5) is 14.6 Å². The smallest absolute Gasteiger partial charge is 0.351 e. The van der Waals surface area contributed by atoms with Crippen LogP contribution in [0, 0.1) is 0 Å². The molecule has 1 aromatic rings. The topological polar surface area (TPSA) is 96.6 Å². The van der Waals surface area contributed by atoms with Crippen molar-refractivity contribution in [2.45, 2.75) is 36.4 Å². The number of rotatable bonds is 2. The number of alkyl halides is 2. The molecule has 20 heavy (non-hydrogen) atoms. The lowest BCUT2D eigenvalue weighted by Crippen LogP contribution is -2.42. The molecule has 0 radical (unpaired) electrons. The lowest BCUT2D eigenvalue weighted by atomic mass is 10.1. The van der Waals surface area contributed by atoms with Crippen LogP contribution in [-0.2, 0) is 4.74 Å². The Labute approximate surface area is 111 Å². The summed E-state index contributed by atoms with van der Waals surface area (Å²) in [7, 11) is 1.53. The number of aliphatic hydroxyl groups excluding tert-OH is 2. The second kappa shape index (κ2) is 3.96. The van der Waals surface area contributed by atoms with Gasteiger partial charge in [0.2, 0.25) is 6.23 Å². The van der Waals surface area contributed by atoms with Gasteiger partial charge in [0.05, 0.1) is 6.10 Å². The van der Waals surface area contributed by atoms with Gasteiger partial charge in [0.1, 0.15) is 11.4 Å². The van der Waals surface area contributed by atoms with Gasteiger partial charge in [-0.2, -0.15) is 13.8 Å². The number of nitrogens with zero attached hydrogens (tertiary/aromatic N) is 2. The zero-order valence-corrected chi connectivity index (χ0v) is 10.5. The van der Waals surface area contributed by atoms with Gasteiger partial charge < -0.3 is 20.3 Å². The Kier molecular flexibility index (Phi) is 2.66. The molecule has 1 aliphatic carbocycles. The van der Waals surface area contributed by atoms with E-state index < -0.39 is 35.6 Å². The number of halogens is 2. The number of hydrogen-bond acceptors (Lipinski definition) is 6. The molecule has 0 bridgehead atoms. The van der Waals surface area contributed by atoms with E-state index in [2.05, 4.69) is 10.3 Å². The molecule has 3 rings (SSSR count). The van der Waals surface area contributed by atoms with Gasteiger partial charge >= 0.3 is 11.6 Å². The summed E-state index contributed by atoms with van der Waals surface area (Å²) in [4.78, 5) is 15.3. The molecule has 2 unspecified atom stereocenters. The van der Waals surface area contributed by atoms with Crippen LogP contribution in [0.2, 0.25) is 0 Å². The van der Waals surface area contributed by atoms with Crippen LogP contribution in [0.1, 0.15) is 12.6 Å². The van der Waals surface area contributed by atoms with Crippen molar-refractivity contribution in [3.63, 3.8) is 0 Å². The van der Waals surface area contributed by atoms with Gasteiger partial charge in [-0.3, -0.25) is 4.57 Å². The molecular formula is C11H13F2N3O4. The Balaban J connectivity index is 2.01. The van der Waals surface area contributed by atoms with Crippen LogP contribution in [0.5, 0.6) is 0 Å². The molecule has 2 aliphatic rings. The number of anilines is 1. The van der Waals surface area contributed by atoms with Crippen molar-refractivity contribution in [1.82, 2.24) is 9.55 Å². The lowest BCUT2D eigenvalue weighted by Gasteiger charge is -2.21. The third-order valence-corrected chi connectivity index (χ3v) is 3.74. The molecule has 2 heterocycles. The summed E-state index contributed by atoms with van der Waals surface area (Å²) in [5.74, 6) is -3.46. The minimum Gasteiger partial charge on any atom is -0.390 e. The molecule has 2 fully saturated rings. The first-order valence-corrected chi connectivity index (χ1v) is 6.01. The van der Waals surface area contributed by atoms with Crippen molar-refractivity contribution >= 4 is 5.82 Å². The van der Waals surface area contributed by atoms with E-state index in [1.54, 1.807) is 0 Å². The fraction of sp³-hybridized carbons (Fsp3) is 0.636. The first-order valence-electron chi connectivity index (χ1n) is 6.01. The van der Waals surface area contributed by atoms with Crippen molar-refractivity contribution in [1.29, 1.82) is 0 Å². The highest BCUT2D eigenvalue weighted by Gasteiger charge is 2.76. The monoisotopic (exact) mass is 289 g/mol. The molecule has 1 saturated carbocycles. The van der Waals surface area contributed by atoms with Gasteiger partial charge in [-0.15, -0.1) is 0 Å². The van der Waals surface area contributed by atoms with E-state index in [4.69, 9.17) is 4.74 Å². The number of ether oxygens (including phenoxy) is 1. The summed E-state index contributed by atoms with van der Waals surface area (Å²) < 4.78 is 33.8. The maximum Gasteiger partial charge on any atom is 0.351 e. The van der Waals surface area contributed by atoms with Crippen LogP contribution in [0.25, 0.3) is 0 Å². The second-order valence-corrected chi connectivity index (χ2v) is 4.97. The molecule has 4 atom stereocenters. The van der Waals surface area contributed by atoms with E-state index in [1.165, 1.54) is 13.1 Å². The molecule has 1 aliphatic heterocycles. The Morgan fingerprint density at radius 3 is 2.65 bits per heavy atom. The van der Waals surface area contributed by atoms with Crippen molar-refractivity contribution in [2.75, 3.05) is 12.4 Å². The number of aliphatic hydroxyl groups is 2. The minimum absolute atomic E-state index is 0.0863. The summed E-state index contributed by atoms with van der Waals surface area (Å²) >= 11 is 0. The second-order valence-electron chi connectivity index (χ2n) is 4.97. The molecule has 7 nitrogen and oxygen atoms in total.